The SMILES string of the molecule is Cc1cc(C(=O)N2CCC3(CCN(Cc4cccc5c4OC(C)(C)C5)CC3)CC2)ccn1.O=C(O)C(F)(F)F. The van der Waals surface area contributed by atoms with Crippen LogP contribution in [0.1, 0.15) is 66.7 Å². The molecule has 10 heteroatoms. The minimum atomic E-state index is -5.08. The number of carbonyl (C=O) groups excluding carboxylic acids is 1. The first-order valence-electron chi connectivity index (χ1n) is 13.3. The van der Waals surface area contributed by atoms with E-state index in [0.29, 0.717) is 5.41 Å². The number of ether oxygens (including phenoxy) is 1. The van der Waals surface area contributed by atoms with Gasteiger partial charge in [0.05, 0.1) is 0 Å². The lowest BCUT2D eigenvalue weighted by Crippen LogP contribution is -2.48. The smallest absolute Gasteiger partial charge is 0.487 e. The molecule has 1 aromatic carbocycles. The molecule has 1 N–H and O–H groups in total. The molecular formula is C29H36F3N3O4. The van der Waals surface area contributed by atoms with Gasteiger partial charge in [0.2, 0.25) is 0 Å². The lowest BCUT2D eigenvalue weighted by Gasteiger charge is -2.47. The number of fused-ring (bicyclic) bond motifs is 1. The number of alkyl halides is 3. The molecule has 1 aromatic heterocycles. The van der Waals surface area contributed by atoms with Crippen LogP contribution < -0.4 is 4.74 Å². The Labute approximate surface area is 227 Å². The molecule has 3 aliphatic heterocycles. The Morgan fingerprint density at radius 1 is 1.05 bits per heavy atom. The Kier molecular flexibility index (Phi) is 8.25. The number of amides is 1. The average molecular weight is 548 g/mol. The highest BCUT2D eigenvalue weighted by Gasteiger charge is 2.40. The summed E-state index contributed by atoms with van der Waals surface area (Å²) in [4.78, 5) is 30.6. The highest BCUT2D eigenvalue weighted by molar-refractivity contribution is 5.94. The number of benzene rings is 1. The Morgan fingerprint density at radius 3 is 2.26 bits per heavy atom. The topological polar surface area (TPSA) is 83.0 Å². The largest absolute Gasteiger partial charge is 0.490 e. The third-order valence-electron chi connectivity index (χ3n) is 7.98. The molecule has 7 nitrogen and oxygen atoms in total. The fourth-order valence-electron chi connectivity index (χ4n) is 5.78. The summed E-state index contributed by atoms with van der Waals surface area (Å²) < 4.78 is 38.0. The number of pyridine rings is 1. The molecule has 4 heterocycles. The number of aryl methyl sites for hydroxylation is 1. The molecular weight excluding hydrogens is 511 g/mol. The molecule has 39 heavy (non-hydrogen) atoms. The minimum Gasteiger partial charge on any atom is -0.487 e. The van der Waals surface area contributed by atoms with Crippen LogP contribution >= 0.6 is 0 Å². The summed E-state index contributed by atoms with van der Waals surface area (Å²) >= 11 is 0. The fraction of sp³-hybridized carbons (Fsp3) is 0.552. The summed E-state index contributed by atoms with van der Waals surface area (Å²) in [5.41, 5.74) is 4.65. The van der Waals surface area contributed by atoms with Crippen molar-refractivity contribution in [2.24, 2.45) is 5.41 Å². The van der Waals surface area contributed by atoms with Crippen molar-refractivity contribution in [3.05, 3.63) is 58.9 Å². The summed E-state index contributed by atoms with van der Waals surface area (Å²) in [6.45, 7) is 11.3. The number of carboxylic acids is 1. The van der Waals surface area contributed by atoms with Gasteiger partial charge in [-0.25, -0.2) is 4.79 Å². The van der Waals surface area contributed by atoms with Gasteiger partial charge < -0.3 is 14.7 Å². The maximum Gasteiger partial charge on any atom is 0.490 e. The van der Waals surface area contributed by atoms with Gasteiger partial charge in [-0.3, -0.25) is 14.7 Å². The molecule has 0 unspecified atom stereocenters. The van der Waals surface area contributed by atoms with Crippen LogP contribution in [0.4, 0.5) is 13.2 Å². The van der Waals surface area contributed by atoms with Crippen molar-refractivity contribution in [1.29, 1.82) is 0 Å². The molecule has 0 aliphatic carbocycles. The van der Waals surface area contributed by atoms with Crippen LogP contribution in [0.15, 0.2) is 36.5 Å². The second-order valence-corrected chi connectivity index (χ2v) is 11.5. The molecule has 2 aromatic rings. The number of aromatic nitrogens is 1. The van der Waals surface area contributed by atoms with E-state index in [1.165, 1.54) is 24.0 Å². The first kappa shape index (κ1) is 28.9. The van der Waals surface area contributed by atoms with Crippen molar-refractivity contribution >= 4 is 11.9 Å². The monoisotopic (exact) mass is 547 g/mol. The van der Waals surface area contributed by atoms with Gasteiger partial charge in [0.15, 0.2) is 0 Å². The van der Waals surface area contributed by atoms with Crippen LogP contribution in [0, 0.1) is 12.3 Å². The van der Waals surface area contributed by atoms with E-state index in [4.69, 9.17) is 14.6 Å². The number of carbonyl (C=O) groups is 2. The van der Waals surface area contributed by atoms with Gasteiger partial charge in [-0.1, -0.05) is 18.2 Å². The maximum atomic E-state index is 12.9. The van der Waals surface area contributed by atoms with Crippen LogP contribution in [-0.2, 0) is 17.8 Å². The molecule has 0 bridgehead atoms. The van der Waals surface area contributed by atoms with Crippen molar-refractivity contribution in [3.63, 3.8) is 0 Å². The Balaban J connectivity index is 0.000000448. The summed E-state index contributed by atoms with van der Waals surface area (Å²) in [6, 6.07) is 10.4. The van der Waals surface area contributed by atoms with Crippen LogP contribution in [-0.4, -0.2) is 69.7 Å². The molecule has 1 amide bonds. The number of rotatable bonds is 3. The normalized spacial score (nSPS) is 20.0. The lowest BCUT2D eigenvalue weighted by molar-refractivity contribution is -0.192. The number of para-hydroxylation sites is 1. The van der Waals surface area contributed by atoms with Crippen molar-refractivity contribution < 1.29 is 32.6 Å². The minimum absolute atomic E-state index is 0.0925. The number of nitrogens with zero attached hydrogens (tertiary/aromatic N) is 3. The zero-order chi connectivity index (χ0) is 28.4. The maximum absolute atomic E-state index is 12.9. The number of carboxylic acid groups (broad SMARTS) is 1. The Bertz CT molecular complexity index is 1200. The first-order chi connectivity index (χ1) is 18.3. The fourth-order valence-corrected chi connectivity index (χ4v) is 5.78. The summed E-state index contributed by atoms with van der Waals surface area (Å²) in [7, 11) is 0. The number of hydrogen-bond acceptors (Lipinski definition) is 5. The van der Waals surface area contributed by atoms with Crippen LogP contribution in [0.5, 0.6) is 5.75 Å². The second-order valence-electron chi connectivity index (χ2n) is 11.5. The van der Waals surface area contributed by atoms with Gasteiger partial charge in [-0.05, 0) is 82.7 Å². The highest BCUT2D eigenvalue weighted by Crippen LogP contribution is 2.43. The Hall–Kier alpha value is -3.14. The summed E-state index contributed by atoms with van der Waals surface area (Å²) in [5.74, 6) is -1.48. The molecule has 212 valence electrons. The predicted octanol–water partition coefficient (Wildman–Crippen LogP) is 5.26. The van der Waals surface area contributed by atoms with E-state index in [0.717, 1.165) is 69.0 Å². The van der Waals surface area contributed by atoms with E-state index in [-0.39, 0.29) is 11.5 Å². The summed E-state index contributed by atoms with van der Waals surface area (Å²) in [6.07, 6.45) is 2.34. The van der Waals surface area contributed by atoms with E-state index in [1.54, 1.807) is 6.20 Å². The second kappa shape index (κ2) is 11.2. The number of piperidine rings is 2. The van der Waals surface area contributed by atoms with E-state index in [9.17, 15) is 18.0 Å². The standard InChI is InChI=1S/C27H35N3O2.C2HF3O2/c1-20-17-21(7-12-28-20)25(31)30-15-10-27(11-16-30)8-13-29(14-9-27)19-23-6-4-5-22-18-26(2,3)32-24(22)23;3-2(4,5)1(6)7/h4-7,12,17H,8-11,13-16,18-19H2,1-3H3;(H,6,7). The van der Waals surface area contributed by atoms with Crippen LogP contribution in [0.3, 0.4) is 0 Å². The lowest BCUT2D eigenvalue weighted by atomic mass is 9.71. The molecule has 1 spiro atoms. The average Bonchev–Trinajstić information content (AvgIpc) is 3.20. The van der Waals surface area contributed by atoms with Gasteiger partial charge >= 0.3 is 12.1 Å². The van der Waals surface area contributed by atoms with E-state index in [2.05, 4.69) is 41.9 Å². The van der Waals surface area contributed by atoms with Crippen molar-refractivity contribution in [2.75, 3.05) is 26.2 Å². The quantitative estimate of drug-likeness (QED) is 0.565. The number of halogens is 3. The van der Waals surface area contributed by atoms with Gasteiger partial charge in [-0.2, -0.15) is 13.2 Å². The van der Waals surface area contributed by atoms with Crippen molar-refractivity contribution in [2.45, 2.75) is 71.2 Å². The molecule has 0 radical (unpaired) electrons. The van der Waals surface area contributed by atoms with Gasteiger partial charge in [-0.15, -0.1) is 0 Å². The molecule has 5 rings (SSSR count). The van der Waals surface area contributed by atoms with Crippen LogP contribution in [0.25, 0.3) is 0 Å². The molecule has 2 fully saturated rings. The van der Waals surface area contributed by atoms with E-state index >= 15 is 0 Å². The number of hydrogen-bond donors (Lipinski definition) is 1. The highest BCUT2D eigenvalue weighted by atomic mass is 19.4. The third-order valence-corrected chi connectivity index (χ3v) is 7.98. The van der Waals surface area contributed by atoms with Gasteiger partial charge in [0.25, 0.3) is 5.91 Å². The third kappa shape index (κ3) is 7.09. The van der Waals surface area contributed by atoms with Crippen molar-refractivity contribution in [1.82, 2.24) is 14.8 Å². The van der Waals surface area contributed by atoms with E-state index < -0.39 is 12.1 Å². The van der Waals surface area contributed by atoms with Gasteiger partial charge in [0.1, 0.15) is 11.4 Å². The number of likely N-dealkylation sites (tertiary alicyclic amines) is 2. The molecule has 0 saturated carbocycles. The first-order valence-corrected chi connectivity index (χ1v) is 13.3. The zero-order valence-corrected chi connectivity index (χ0v) is 22.7. The summed E-state index contributed by atoms with van der Waals surface area (Å²) in [5, 5.41) is 7.12. The van der Waals surface area contributed by atoms with Crippen LogP contribution in [0.2, 0.25) is 0 Å². The number of aliphatic carboxylic acids is 1. The molecule has 3 aliphatic rings. The van der Waals surface area contributed by atoms with Crippen molar-refractivity contribution in [3.8, 4) is 5.75 Å². The zero-order valence-electron chi connectivity index (χ0n) is 22.7. The van der Waals surface area contributed by atoms with Gasteiger partial charge in [0, 0.05) is 49.1 Å². The Morgan fingerprint density at radius 2 is 1.67 bits per heavy atom. The molecule has 2 saturated heterocycles. The predicted molar refractivity (Wildman–Crippen MR) is 140 cm³/mol. The van der Waals surface area contributed by atoms with E-state index in [1.807, 2.05) is 24.0 Å². The molecule has 0 atom stereocenters.